The maximum atomic E-state index is 12.2. The first-order valence-corrected chi connectivity index (χ1v) is 10.1. The number of ketones is 1. The van der Waals surface area contributed by atoms with E-state index < -0.39 is 13.9 Å². The fourth-order valence-corrected chi connectivity index (χ4v) is 4.10. The molecule has 104 valence electrons. The van der Waals surface area contributed by atoms with Crippen molar-refractivity contribution in [1.82, 2.24) is 0 Å². The summed E-state index contributed by atoms with van der Waals surface area (Å²) < 4.78 is 11.9. The smallest absolute Gasteiger partial charge is 0.185 e. The zero-order chi connectivity index (χ0) is 14.1. The molecule has 3 nitrogen and oxygen atoms in total. The van der Waals surface area contributed by atoms with Crippen molar-refractivity contribution in [2.24, 2.45) is 0 Å². The predicted molar refractivity (Wildman–Crippen MR) is 77.6 cm³/mol. The summed E-state index contributed by atoms with van der Waals surface area (Å²) in [5, 5.41) is 0. The van der Waals surface area contributed by atoms with E-state index in [0.29, 0.717) is 6.42 Å². The van der Waals surface area contributed by atoms with Crippen LogP contribution in [0.4, 0.5) is 0 Å². The van der Waals surface area contributed by atoms with E-state index in [1.165, 1.54) is 0 Å². The Morgan fingerprint density at radius 3 is 2.21 bits per heavy atom. The van der Waals surface area contributed by atoms with Gasteiger partial charge in [-0.05, 0) is 31.6 Å². The van der Waals surface area contributed by atoms with Gasteiger partial charge in [-0.25, -0.2) is 0 Å². The highest BCUT2D eigenvalue weighted by Crippen LogP contribution is 2.45. The minimum atomic E-state index is -1.82. The second-order valence-electron chi connectivity index (χ2n) is 6.05. The molecule has 0 spiro atoms. The van der Waals surface area contributed by atoms with E-state index in [1.807, 2.05) is 30.3 Å². The molecule has 4 heteroatoms. The SMILES string of the molecule is COC(c1ccccc1)C1(O[Si](C)(C)C)CCC1=O. The highest BCUT2D eigenvalue weighted by Gasteiger charge is 2.55. The molecular weight excluding hydrogens is 256 g/mol. The molecule has 0 aliphatic heterocycles. The number of rotatable bonds is 5. The first kappa shape index (κ1) is 14.4. The van der Waals surface area contributed by atoms with Crippen LogP contribution in [-0.4, -0.2) is 26.8 Å². The molecule has 1 aromatic carbocycles. The van der Waals surface area contributed by atoms with Crippen molar-refractivity contribution >= 4 is 14.1 Å². The number of carbonyl (C=O) groups is 1. The molecular formula is C15H22O3Si. The van der Waals surface area contributed by atoms with E-state index in [-0.39, 0.29) is 11.9 Å². The molecule has 2 unspecified atom stereocenters. The number of hydrogen-bond acceptors (Lipinski definition) is 3. The molecule has 19 heavy (non-hydrogen) atoms. The zero-order valence-corrected chi connectivity index (χ0v) is 13.1. The fourth-order valence-electron chi connectivity index (χ4n) is 2.68. The second kappa shape index (κ2) is 5.19. The van der Waals surface area contributed by atoms with Crippen molar-refractivity contribution in [2.45, 2.75) is 44.2 Å². The molecule has 0 N–H and O–H groups in total. The molecule has 0 saturated heterocycles. The summed E-state index contributed by atoms with van der Waals surface area (Å²) in [6.45, 7) is 6.33. The first-order valence-electron chi connectivity index (χ1n) is 6.70. The zero-order valence-electron chi connectivity index (χ0n) is 12.1. The quantitative estimate of drug-likeness (QED) is 0.775. The third-order valence-electron chi connectivity index (χ3n) is 3.45. The third-order valence-corrected chi connectivity index (χ3v) is 4.42. The van der Waals surface area contributed by atoms with E-state index in [1.54, 1.807) is 7.11 Å². The van der Waals surface area contributed by atoms with Gasteiger partial charge in [0.1, 0.15) is 11.7 Å². The average Bonchev–Trinajstić information content (AvgIpc) is 2.36. The molecule has 1 aromatic rings. The molecule has 1 saturated carbocycles. The minimum Gasteiger partial charge on any atom is -0.403 e. The Kier molecular flexibility index (Phi) is 3.94. The number of Topliss-reactive ketones (excluding diaryl/α,β-unsaturated/α-hetero) is 1. The van der Waals surface area contributed by atoms with Crippen LogP contribution in [0, 0.1) is 0 Å². The summed E-state index contributed by atoms with van der Waals surface area (Å²) in [7, 11) is -0.166. The van der Waals surface area contributed by atoms with Gasteiger partial charge in [0.2, 0.25) is 0 Å². The molecule has 0 heterocycles. The van der Waals surface area contributed by atoms with Crippen LogP contribution in [0.5, 0.6) is 0 Å². The molecule has 0 aromatic heterocycles. The molecule has 1 aliphatic carbocycles. The predicted octanol–water partition coefficient (Wildman–Crippen LogP) is 3.33. The largest absolute Gasteiger partial charge is 0.403 e. The average molecular weight is 278 g/mol. The van der Waals surface area contributed by atoms with Crippen LogP contribution in [0.3, 0.4) is 0 Å². The monoisotopic (exact) mass is 278 g/mol. The highest BCUT2D eigenvalue weighted by molar-refractivity contribution is 6.70. The van der Waals surface area contributed by atoms with Crippen molar-refractivity contribution in [3.8, 4) is 0 Å². The Labute approximate surface area is 116 Å². The van der Waals surface area contributed by atoms with Gasteiger partial charge in [0, 0.05) is 13.5 Å². The fraction of sp³-hybridized carbons (Fsp3) is 0.533. The van der Waals surface area contributed by atoms with E-state index >= 15 is 0 Å². The Balaban J connectivity index is 2.35. The van der Waals surface area contributed by atoms with Gasteiger partial charge in [-0.1, -0.05) is 30.3 Å². The summed E-state index contributed by atoms with van der Waals surface area (Å²) in [6.07, 6.45) is 1.04. The van der Waals surface area contributed by atoms with Crippen LogP contribution in [0.2, 0.25) is 19.6 Å². The summed E-state index contributed by atoms with van der Waals surface area (Å²) in [6, 6.07) is 9.88. The molecule has 2 atom stereocenters. The molecule has 0 radical (unpaired) electrons. The lowest BCUT2D eigenvalue weighted by molar-refractivity contribution is -0.168. The van der Waals surface area contributed by atoms with Crippen molar-refractivity contribution in [2.75, 3.05) is 7.11 Å². The van der Waals surface area contributed by atoms with Gasteiger partial charge < -0.3 is 9.16 Å². The van der Waals surface area contributed by atoms with E-state index in [9.17, 15) is 4.79 Å². The standard InChI is InChI=1S/C15H22O3Si/c1-17-14(12-8-6-5-7-9-12)15(11-10-13(15)16)18-19(2,3)4/h5-9,14H,10-11H2,1-4H3. The van der Waals surface area contributed by atoms with Crippen molar-refractivity contribution in [1.29, 1.82) is 0 Å². The second-order valence-corrected chi connectivity index (χ2v) is 10.5. The van der Waals surface area contributed by atoms with Gasteiger partial charge in [-0.3, -0.25) is 4.79 Å². The van der Waals surface area contributed by atoms with Gasteiger partial charge in [0.25, 0.3) is 0 Å². The Morgan fingerprint density at radius 2 is 1.84 bits per heavy atom. The first-order chi connectivity index (χ1) is 8.89. The summed E-state index contributed by atoms with van der Waals surface area (Å²) in [5.74, 6) is 0.172. The number of hydrogen-bond donors (Lipinski definition) is 0. The number of carbonyl (C=O) groups excluding carboxylic acids is 1. The maximum Gasteiger partial charge on any atom is 0.185 e. The molecule has 1 fully saturated rings. The highest BCUT2D eigenvalue weighted by atomic mass is 28.4. The topological polar surface area (TPSA) is 35.5 Å². The van der Waals surface area contributed by atoms with Crippen LogP contribution < -0.4 is 0 Å². The van der Waals surface area contributed by atoms with Crippen LogP contribution in [0.25, 0.3) is 0 Å². The van der Waals surface area contributed by atoms with Crippen molar-refractivity contribution in [3.05, 3.63) is 35.9 Å². The van der Waals surface area contributed by atoms with Gasteiger partial charge in [0.05, 0.1) is 0 Å². The number of methoxy groups -OCH3 is 1. The molecule has 2 rings (SSSR count). The van der Waals surface area contributed by atoms with E-state index in [0.717, 1.165) is 12.0 Å². The lowest BCUT2D eigenvalue weighted by Gasteiger charge is -2.48. The van der Waals surface area contributed by atoms with Gasteiger partial charge in [-0.2, -0.15) is 0 Å². The summed E-state index contributed by atoms with van der Waals surface area (Å²) in [5.41, 5.74) is 0.247. The maximum absolute atomic E-state index is 12.2. The lowest BCUT2D eigenvalue weighted by atomic mass is 9.72. The van der Waals surface area contributed by atoms with Crippen LogP contribution in [-0.2, 0) is 14.0 Å². The van der Waals surface area contributed by atoms with E-state index in [4.69, 9.17) is 9.16 Å². The Hall–Kier alpha value is -0.973. The molecule has 0 bridgehead atoms. The van der Waals surface area contributed by atoms with Crippen LogP contribution in [0.1, 0.15) is 24.5 Å². The Bertz CT molecular complexity index is 452. The van der Waals surface area contributed by atoms with Crippen molar-refractivity contribution < 1.29 is 14.0 Å². The van der Waals surface area contributed by atoms with Gasteiger partial charge in [-0.15, -0.1) is 0 Å². The Morgan fingerprint density at radius 1 is 1.21 bits per heavy atom. The van der Waals surface area contributed by atoms with Gasteiger partial charge in [0.15, 0.2) is 14.1 Å². The van der Waals surface area contributed by atoms with Gasteiger partial charge >= 0.3 is 0 Å². The normalized spacial score (nSPS) is 24.9. The minimum absolute atomic E-state index is 0.172. The summed E-state index contributed by atoms with van der Waals surface area (Å²) >= 11 is 0. The van der Waals surface area contributed by atoms with Crippen LogP contribution in [0.15, 0.2) is 30.3 Å². The third kappa shape index (κ3) is 2.80. The van der Waals surface area contributed by atoms with Crippen molar-refractivity contribution in [3.63, 3.8) is 0 Å². The molecule has 0 amide bonds. The number of benzene rings is 1. The number of ether oxygens (including phenoxy) is 1. The lowest BCUT2D eigenvalue weighted by Crippen LogP contribution is -2.59. The van der Waals surface area contributed by atoms with Crippen LogP contribution >= 0.6 is 0 Å². The van der Waals surface area contributed by atoms with E-state index in [2.05, 4.69) is 19.6 Å². The summed E-state index contributed by atoms with van der Waals surface area (Å²) in [4.78, 5) is 12.2. The molecule has 1 aliphatic rings.